The Hall–Kier alpha value is -4.70. The van der Waals surface area contributed by atoms with Gasteiger partial charge in [0.25, 0.3) is 0 Å². The maximum Gasteiger partial charge on any atom is 0.155 e. The van der Waals surface area contributed by atoms with E-state index in [1.54, 1.807) is 24.8 Å². The molecule has 0 aliphatic carbocycles. The zero-order valence-electron chi connectivity index (χ0n) is 21.1. The van der Waals surface area contributed by atoms with Gasteiger partial charge in [-0.1, -0.05) is 0 Å². The van der Waals surface area contributed by atoms with E-state index in [4.69, 9.17) is 4.74 Å². The quantitative estimate of drug-likeness (QED) is 0.296. The first-order valence-corrected chi connectivity index (χ1v) is 12.9. The number of benzene rings is 1. The number of pyridine rings is 2. The molecule has 1 aliphatic heterocycles. The molecule has 0 amide bonds. The molecule has 6 aromatic rings. The summed E-state index contributed by atoms with van der Waals surface area (Å²) < 4.78 is 20.6. The molecule has 39 heavy (non-hydrogen) atoms. The summed E-state index contributed by atoms with van der Waals surface area (Å²) >= 11 is 0. The SMILES string of the molecule is Fc1cc(OCCN2CCCC2)cc(-c2ccnc3[nH]c(-c4n[nH]c5ncc(-c6cncnc6)cc45)cc23)c1. The number of hydrogen-bond acceptors (Lipinski definition) is 7. The summed E-state index contributed by atoms with van der Waals surface area (Å²) in [4.78, 5) is 23.0. The number of rotatable bonds is 7. The van der Waals surface area contributed by atoms with Crippen LogP contribution in [0.15, 0.2) is 67.5 Å². The van der Waals surface area contributed by atoms with Crippen LogP contribution in [0.4, 0.5) is 4.39 Å². The fourth-order valence-corrected chi connectivity index (χ4v) is 5.22. The molecule has 9 nitrogen and oxygen atoms in total. The predicted octanol–water partition coefficient (Wildman–Crippen LogP) is 5.24. The summed E-state index contributed by atoms with van der Waals surface area (Å²) in [7, 11) is 0. The molecule has 0 unspecified atom stereocenters. The van der Waals surface area contributed by atoms with E-state index in [2.05, 4.69) is 40.0 Å². The first-order chi connectivity index (χ1) is 19.2. The van der Waals surface area contributed by atoms with E-state index in [0.717, 1.165) is 58.4 Å². The third kappa shape index (κ3) is 4.59. The summed E-state index contributed by atoms with van der Waals surface area (Å²) in [5, 5.41) is 9.25. The van der Waals surface area contributed by atoms with Crippen LogP contribution in [0.2, 0.25) is 0 Å². The van der Waals surface area contributed by atoms with Crippen molar-refractivity contribution in [1.82, 2.24) is 40.0 Å². The number of likely N-dealkylation sites (tertiary alicyclic amines) is 1. The lowest BCUT2D eigenvalue weighted by Gasteiger charge is -2.15. The first kappa shape index (κ1) is 23.4. The van der Waals surface area contributed by atoms with Crippen LogP contribution < -0.4 is 4.74 Å². The standard InChI is InChI=1S/C29H25FN8O/c30-21-9-18(10-22(12-21)39-8-7-38-5-1-2-6-38)23-3-4-33-28-24(23)13-26(35-28)27-25-11-19(16-34-29(25)37-36-27)20-14-31-17-32-15-20/h3-4,9-17H,1-2,5-8H2,(H,33,35)(H,34,36,37). The lowest BCUT2D eigenvalue weighted by molar-refractivity contribution is 0.237. The second-order valence-corrected chi connectivity index (χ2v) is 9.70. The number of halogens is 1. The van der Waals surface area contributed by atoms with Gasteiger partial charge in [0.05, 0.1) is 5.69 Å². The van der Waals surface area contributed by atoms with Gasteiger partial charge in [-0.2, -0.15) is 5.10 Å². The number of hydrogen-bond donors (Lipinski definition) is 2. The summed E-state index contributed by atoms with van der Waals surface area (Å²) in [6, 6.07) is 10.7. The highest BCUT2D eigenvalue weighted by Crippen LogP contribution is 2.35. The van der Waals surface area contributed by atoms with Gasteiger partial charge in [0.15, 0.2) is 5.65 Å². The molecule has 7 rings (SSSR count). The third-order valence-electron chi connectivity index (χ3n) is 7.15. The van der Waals surface area contributed by atoms with Crippen LogP contribution >= 0.6 is 0 Å². The normalized spacial score (nSPS) is 14.0. The van der Waals surface area contributed by atoms with Crippen molar-refractivity contribution >= 4 is 22.1 Å². The number of ether oxygens (including phenoxy) is 1. The van der Waals surface area contributed by atoms with E-state index in [0.29, 0.717) is 29.3 Å². The van der Waals surface area contributed by atoms with Gasteiger partial charge in [0, 0.05) is 59.3 Å². The Morgan fingerprint density at radius 2 is 1.74 bits per heavy atom. The molecule has 6 heterocycles. The summed E-state index contributed by atoms with van der Waals surface area (Å²) in [5.74, 6) is 0.179. The summed E-state index contributed by atoms with van der Waals surface area (Å²) in [5.41, 5.74) is 6.17. The average molecular weight is 521 g/mol. The van der Waals surface area contributed by atoms with Crippen molar-refractivity contribution in [3.8, 4) is 39.4 Å². The van der Waals surface area contributed by atoms with Gasteiger partial charge in [0.2, 0.25) is 0 Å². The highest BCUT2D eigenvalue weighted by Gasteiger charge is 2.17. The number of nitrogens with zero attached hydrogens (tertiary/aromatic N) is 6. The molecule has 2 N–H and O–H groups in total. The zero-order chi connectivity index (χ0) is 26.2. The number of fused-ring (bicyclic) bond motifs is 2. The zero-order valence-corrected chi connectivity index (χ0v) is 21.1. The molecule has 0 radical (unpaired) electrons. The topological polar surface area (TPSA) is 108 Å². The van der Waals surface area contributed by atoms with Crippen LogP contribution in [-0.4, -0.2) is 66.3 Å². The van der Waals surface area contributed by atoms with Gasteiger partial charge in [0.1, 0.15) is 35.8 Å². The van der Waals surface area contributed by atoms with Crippen molar-refractivity contribution in [1.29, 1.82) is 0 Å². The van der Waals surface area contributed by atoms with Crippen LogP contribution in [-0.2, 0) is 0 Å². The number of nitrogens with one attached hydrogen (secondary N) is 2. The summed E-state index contributed by atoms with van der Waals surface area (Å²) in [6.07, 6.45) is 10.9. The Balaban J connectivity index is 1.23. The van der Waals surface area contributed by atoms with Crippen LogP contribution in [0.1, 0.15) is 12.8 Å². The first-order valence-electron chi connectivity index (χ1n) is 12.9. The Morgan fingerprint density at radius 3 is 2.62 bits per heavy atom. The van der Waals surface area contributed by atoms with Crippen molar-refractivity contribution in [3.63, 3.8) is 0 Å². The molecule has 10 heteroatoms. The van der Waals surface area contributed by atoms with Crippen molar-refractivity contribution in [2.24, 2.45) is 0 Å². The number of aromatic nitrogens is 7. The number of H-pyrrole nitrogens is 2. The van der Waals surface area contributed by atoms with Gasteiger partial charge in [-0.3, -0.25) is 10.00 Å². The van der Waals surface area contributed by atoms with Crippen LogP contribution in [0, 0.1) is 5.82 Å². The van der Waals surface area contributed by atoms with Gasteiger partial charge in [-0.25, -0.2) is 24.3 Å². The van der Waals surface area contributed by atoms with Crippen LogP contribution in [0.5, 0.6) is 5.75 Å². The van der Waals surface area contributed by atoms with E-state index >= 15 is 0 Å². The van der Waals surface area contributed by atoms with Gasteiger partial charge in [-0.05, 0) is 67.4 Å². The Kier molecular flexibility index (Phi) is 5.93. The average Bonchev–Trinajstić information content (AvgIpc) is 3.72. The monoisotopic (exact) mass is 520 g/mol. The molecule has 1 saturated heterocycles. The fraction of sp³-hybridized carbons (Fsp3) is 0.207. The van der Waals surface area contributed by atoms with Gasteiger partial charge in [-0.15, -0.1) is 0 Å². The Bertz CT molecular complexity index is 1780. The van der Waals surface area contributed by atoms with Crippen molar-refractivity contribution in [3.05, 3.63) is 73.3 Å². The van der Waals surface area contributed by atoms with Gasteiger partial charge < -0.3 is 9.72 Å². The minimum atomic E-state index is -0.341. The maximum absolute atomic E-state index is 14.7. The molecular weight excluding hydrogens is 495 g/mol. The fourth-order valence-electron chi connectivity index (χ4n) is 5.22. The maximum atomic E-state index is 14.7. The minimum absolute atomic E-state index is 0.341. The molecule has 0 spiro atoms. The molecule has 1 aromatic carbocycles. The molecule has 1 fully saturated rings. The smallest absolute Gasteiger partial charge is 0.155 e. The van der Waals surface area contributed by atoms with E-state index < -0.39 is 0 Å². The lowest BCUT2D eigenvalue weighted by Crippen LogP contribution is -2.25. The highest BCUT2D eigenvalue weighted by atomic mass is 19.1. The third-order valence-corrected chi connectivity index (χ3v) is 7.15. The van der Waals surface area contributed by atoms with E-state index in [9.17, 15) is 4.39 Å². The number of aromatic amines is 2. The van der Waals surface area contributed by atoms with Gasteiger partial charge >= 0.3 is 0 Å². The second kappa shape index (κ2) is 9.88. The molecule has 194 valence electrons. The molecule has 0 saturated carbocycles. The van der Waals surface area contributed by atoms with Crippen molar-refractivity contribution < 1.29 is 9.13 Å². The summed E-state index contributed by atoms with van der Waals surface area (Å²) in [6.45, 7) is 3.58. The molecule has 0 atom stereocenters. The van der Waals surface area contributed by atoms with Crippen LogP contribution in [0.3, 0.4) is 0 Å². The molecular formula is C29H25FN8O. The van der Waals surface area contributed by atoms with E-state index in [1.807, 2.05) is 24.3 Å². The van der Waals surface area contributed by atoms with E-state index in [1.165, 1.54) is 31.3 Å². The highest BCUT2D eigenvalue weighted by molar-refractivity contribution is 5.99. The van der Waals surface area contributed by atoms with Crippen molar-refractivity contribution in [2.45, 2.75) is 12.8 Å². The largest absolute Gasteiger partial charge is 0.492 e. The van der Waals surface area contributed by atoms with E-state index in [-0.39, 0.29) is 5.82 Å². The Morgan fingerprint density at radius 1 is 0.872 bits per heavy atom. The van der Waals surface area contributed by atoms with Crippen LogP contribution in [0.25, 0.3) is 55.7 Å². The second-order valence-electron chi connectivity index (χ2n) is 9.70. The minimum Gasteiger partial charge on any atom is -0.492 e. The van der Waals surface area contributed by atoms with Crippen molar-refractivity contribution in [2.75, 3.05) is 26.2 Å². The molecule has 0 bridgehead atoms. The lowest BCUT2D eigenvalue weighted by atomic mass is 10.0. The predicted molar refractivity (Wildman–Crippen MR) is 147 cm³/mol. The Labute approximate surface area is 223 Å². The molecule has 1 aliphatic rings. The molecule has 5 aromatic heterocycles.